The molecule has 0 aliphatic heterocycles. The molecule has 1 fully saturated rings. The Morgan fingerprint density at radius 1 is 1.24 bits per heavy atom. The van der Waals surface area contributed by atoms with Crippen molar-refractivity contribution in [3.63, 3.8) is 0 Å². The van der Waals surface area contributed by atoms with Crippen LogP contribution in [0.3, 0.4) is 0 Å². The highest BCUT2D eigenvalue weighted by Crippen LogP contribution is 2.28. The summed E-state index contributed by atoms with van der Waals surface area (Å²) in [4.78, 5) is 22.4. The van der Waals surface area contributed by atoms with Crippen LogP contribution in [0.4, 0.5) is 0 Å². The molecule has 5 nitrogen and oxygen atoms in total. The molecule has 0 spiro atoms. The molecule has 98 valence electrons. The minimum absolute atomic E-state index is 0.0936. The van der Waals surface area contributed by atoms with Crippen molar-refractivity contribution in [3.8, 4) is 0 Å². The number of nitrogens with two attached hydrogens (primary N) is 2. The van der Waals surface area contributed by atoms with Gasteiger partial charge in [-0.15, -0.1) is 0 Å². The quantitative estimate of drug-likeness (QED) is 0.652. The molecule has 5 heteroatoms. The maximum absolute atomic E-state index is 11.7. The summed E-state index contributed by atoms with van der Waals surface area (Å²) < 4.78 is 0. The van der Waals surface area contributed by atoms with Crippen molar-refractivity contribution >= 4 is 11.8 Å². The minimum atomic E-state index is -0.819. The third-order valence-corrected chi connectivity index (χ3v) is 3.28. The molecule has 0 aromatic rings. The Morgan fingerprint density at radius 2 is 1.76 bits per heavy atom. The first-order chi connectivity index (χ1) is 7.88. The van der Waals surface area contributed by atoms with E-state index in [1.54, 1.807) is 0 Å². The third kappa shape index (κ3) is 4.73. The molecule has 0 aromatic heterocycles. The highest BCUT2D eigenvalue weighted by atomic mass is 16.2. The van der Waals surface area contributed by atoms with Crippen LogP contribution in [0.1, 0.15) is 39.5 Å². The summed E-state index contributed by atoms with van der Waals surface area (Å²) in [7, 11) is 0. The summed E-state index contributed by atoms with van der Waals surface area (Å²) in [5, 5.41) is 2.91. The number of rotatable bonds is 4. The fraction of sp³-hybridized carbons (Fsp3) is 0.833. The third-order valence-electron chi connectivity index (χ3n) is 3.28. The number of amides is 2. The van der Waals surface area contributed by atoms with E-state index in [9.17, 15) is 9.59 Å². The van der Waals surface area contributed by atoms with Crippen LogP contribution < -0.4 is 16.8 Å². The Kier molecular flexibility index (Phi) is 4.93. The first-order valence-corrected chi connectivity index (χ1v) is 6.22. The Bertz CT molecular complexity index is 283. The van der Waals surface area contributed by atoms with E-state index in [4.69, 9.17) is 11.5 Å². The summed E-state index contributed by atoms with van der Waals surface area (Å²) in [6.07, 6.45) is 3.09. The molecule has 2 amide bonds. The van der Waals surface area contributed by atoms with Gasteiger partial charge in [0.1, 0.15) is 0 Å². The van der Waals surface area contributed by atoms with Gasteiger partial charge in [-0.1, -0.05) is 13.8 Å². The smallest absolute Gasteiger partial charge is 0.237 e. The second-order valence-corrected chi connectivity index (χ2v) is 5.40. The van der Waals surface area contributed by atoms with Crippen LogP contribution in [0.2, 0.25) is 0 Å². The fourth-order valence-corrected chi connectivity index (χ4v) is 2.68. The standard InChI is InChI=1S/C12H23N3O2/c1-7-3-8(2)5-9(4-7)15-12(17)10(13)6-11(14)16/h7-10H,3-6,13H2,1-2H3,(H2,14,16)(H,15,17). The fourth-order valence-electron chi connectivity index (χ4n) is 2.68. The number of hydrogen-bond acceptors (Lipinski definition) is 3. The molecule has 3 atom stereocenters. The van der Waals surface area contributed by atoms with Crippen molar-refractivity contribution in [1.82, 2.24) is 5.32 Å². The van der Waals surface area contributed by atoms with Gasteiger partial charge >= 0.3 is 0 Å². The van der Waals surface area contributed by atoms with Crippen molar-refractivity contribution < 1.29 is 9.59 Å². The highest BCUT2D eigenvalue weighted by molar-refractivity contribution is 5.87. The molecular weight excluding hydrogens is 218 g/mol. The molecular formula is C12H23N3O2. The number of carbonyl (C=O) groups excluding carboxylic acids is 2. The number of nitrogens with one attached hydrogen (secondary N) is 1. The number of primary amides is 1. The van der Waals surface area contributed by atoms with Crippen LogP contribution in [0.25, 0.3) is 0 Å². The van der Waals surface area contributed by atoms with E-state index in [1.807, 2.05) is 0 Å². The van der Waals surface area contributed by atoms with Crippen LogP contribution in [0.15, 0.2) is 0 Å². The lowest BCUT2D eigenvalue weighted by atomic mass is 9.80. The monoisotopic (exact) mass is 241 g/mol. The lowest BCUT2D eigenvalue weighted by Gasteiger charge is -2.32. The van der Waals surface area contributed by atoms with Gasteiger partial charge in [0.25, 0.3) is 0 Å². The van der Waals surface area contributed by atoms with E-state index >= 15 is 0 Å². The van der Waals surface area contributed by atoms with Crippen LogP contribution >= 0.6 is 0 Å². The molecule has 0 heterocycles. The summed E-state index contributed by atoms with van der Waals surface area (Å²) in [5.74, 6) is 0.431. The van der Waals surface area contributed by atoms with Gasteiger partial charge in [0.15, 0.2) is 0 Å². The summed E-state index contributed by atoms with van der Waals surface area (Å²) in [5.41, 5.74) is 10.6. The maximum Gasteiger partial charge on any atom is 0.237 e. The average molecular weight is 241 g/mol. The van der Waals surface area contributed by atoms with Gasteiger partial charge in [-0.25, -0.2) is 0 Å². The van der Waals surface area contributed by atoms with Gasteiger partial charge in [0.05, 0.1) is 12.5 Å². The molecule has 1 aliphatic carbocycles. The SMILES string of the molecule is CC1CC(C)CC(NC(=O)C(N)CC(N)=O)C1. The van der Waals surface area contributed by atoms with Gasteiger partial charge in [-0.3, -0.25) is 9.59 Å². The molecule has 17 heavy (non-hydrogen) atoms. The molecule has 5 N–H and O–H groups in total. The Labute approximate surface area is 102 Å². The number of carbonyl (C=O) groups is 2. The lowest BCUT2D eigenvalue weighted by Crippen LogP contribution is -2.48. The molecule has 1 saturated carbocycles. The van der Waals surface area contributed by atoms with Crippen molar-refractivity contribution in [1.29, 1.82) is 0 Å². The minimum Gasteiger partial charge on any atom is -0.370 e. The van der Waals surface area contributed by atoms with E-state index in [2.05, 4.69) is 19.2 Å². The van der Waals surface area contributed by atoms with Gasteiger partial charge < -0.3 is 16.8 Å². The second kappa shape index (κ2) is 6.00. The Balaban J connectivity index is 2.42. The molecule has 0 bridgehead atoms. The molecule has 1 aliphatic rings. The summed E-state index contributed by atoms with van der Waals surface area (Å²) in [6, 6.07) is -0.639. The Morgan fingerprint density at radius 3 is 2.24 bits per heavy atom. The topological polar surface area (TPSA) is 98.2 Å². The lowest BCUT2D eigenvalue weighted by molar-refractivity contribution is -0.127. The average Bonchev–Trinajstić information content (AvgIpc) is 2.14. The summed E-state index contributed by atoms with van der Waals surface area (Å²) >= 11 is 0. The van der Waals surface area contributed by atoms with Gasteiger partial charge in [-0.2, -0.15) is 0 Å². The predicted molar refractivity (Wildman–Crippen MR) is 65.9 cm³/mol. The largest absolute Gasteiger partial charge is 0.370 e. The van der Waals surface area contributed by atoms with Crippen molar-refractivity contribution in [2.75, 3.05) is 0 Å². The molecule has 3 unspecified atom stereocenters. The van der Waals surface area contributed by atoms with E-state index in [-0.39, 0.29) is 18.4 Å². The first-order valence-electron chi connectivity index (χ1n) is 6.22. The van der Waals surface area contributed by atoms with Crippen LogP contribution in [-0.4, -0.2) is 23.9 Å². The van der Waals surface area contributed by atoms with Crippen LogP contribution in [0.5, 0.6) is 0 Å². The maximum atomic E-state index is 11.7. The van der Waals surface area contributed by atoms with Crippen LogP contribution in [-0.2, 0) is 9.59 Å². The van der Waals surface area contributed by atoms with Crippen LogP contribution in [0, 0.1) is 11.8 Å². The molecule has 0 aromatic carbocycles. The van der Waals surface area contributed by atoms with E-state index in [1.165, 1.54) is 6.42 Å². The zero-order valence-electron chi connectivity index (χ0n) is 10.6. The van der Waals surface area contributed by atoms with E-state index in [0.29, 0.717) is 11.8 Å². The zero-order valence-corrected chi connectivity index (χ0v) is 10.6. The molecule has 0 radical (unpaired) electrons. The molecule has 1 rings (SSSR count). The Hall–Kier alpha value is -1.10. The number of hydrogen-bond donors (Lipinski definition) is 3. The van der Waals surface area contributed by atoms with Crippen molar-refractivity contribution in [2.24, 2.45) is 23.3 Å². The predicted octanol–water partition coefficient (Wildman–Crippen LogP) is 0.130. The van der Waals surface area contributed by atoms with Gasteiger partial charge in [0, 0.05) is 6.04 Å². The van der Waals surface area contributed by atoms with E-state index in [0.717, 1.165) is 12.8 Å². The second-order valence-electron chi connectivity index (χ2n) is 5.40. The normalized spacial score (nSPS) is 30.6. The van der Waals surface area contributed by atoms with Gasteiger partial charge in [0.2, 0.25) is 11.8 Å². The highest BCUT2D eigenvalue weighted by Gasteiger charge is 2.26. The first kappa shape index (κ1) is 14.0. The van der Waals surface area contributed by atoms with Crippen molar-refractivity contribution in [3.05, 3.63) is 0 Å². The van der Waals surface area contributed by atoms with Crippen molar-refractivity contribution in [2.45, 2.75) is 51.6 Å². The summed E-state index contributed by atoms with van der Waals surface area (Å²) in [6.45, 7) is 4.39. The zero-order chi connectivity index (χ0) is 13.0. The van der Waals surface area contributed by atoms with E-state index < -0.39 is 11.9 Å². The molecule has 0 saturated heterocycles. The van der Waals surface area contributed by atoms with Gasteiger partial charge in [-0.05, 0) is 31.1 Å².